The Kier molecular flexibility index (Phi) is 3.87. The van der Waals surface area contributed by atoms with Crippen LogP contribution in [0.25, 0.3) is 0 Å². The lowest BCUT2D eigenvalue weighted by molar-refractivity contribution is 0.205. The lowest BCUT2D eigenvalue weighted by Crippen LogP contribution is -2.45. The van der Waals surface area contributed by atoms with Gasteiger partial charge in [0.05, 0.1) is 13.2 Å². The molecule has 98 valence electrons. The maximum atomic E-state index is 9.69. The number of likely N-dealkylation sites (N-methyl/N-ethyl adjacent to an activating group) is 1. The first kappa shape index (κ1) is 12.9. The summed E-state index contributed by atoms with van der Waals surface area (Å²) in [5, 5.41) is 13.0. The van der Waals surface area contributed by atoms with Crippen LogP contribution in [0.1, 0.15) is 12.5 Å². The van der Waals surface area contributed by atoms with E-state index in [0.29, 0.717) is 6.54 Å². The van der Waals surface area contributed by atoms with Gasteiger partial charge in [-0.2, -0.15) is 0 Å². The maximum absolute atomic E-state index is 9.69. The Hall–Kier alpha value is -1.55. The van der Waals surface area contributed by atoms with Crippen LogP contribution in [0.4, 0.5) is 0 Å². The van der Waals surface area contributed by atoms with Gasteiger partial charge in [0.15, 0.2) is 5.96 Å². The Morgan fingerprint density at radius 1 is 1.39 bits per heavy atom. The third kappa shape index (κ3) is 2.64. The minimum atomic E-state index is -0.285. The van der Waals surface area contributed by atoms with Crippen LogP contribution in [-0.4, -0.2) is 49.3 Å². The zero-order chi connectivity index (χ0) is 13.0. The van der Waals surface area contributed by atoms with Gasteiger partial charge in [-0.1, -0.05) is 37.3 Å². The van der Waals surface area contributed by atoms with E-state index in [1.54, 1.807) is 0 Å². The summed E-state index contributed by atoms with van der Waals surface area (Å²) < 4.78 is 0. The summed E-state index contributed by atoms with van der Waals surface area (Å²) in [5.41, 5.74) is 0.856. The van der Waals surface area contributed by atoms with Crippen molar-refractivity contribution >= 4 is 5.96 Å². The second-order valence-electron chi connectivity index (χ2n) is 5.07. The lowest BCUT2D eigenvalue weighted by Gasteiger charge is -2.29. The Morgan fingerprint density at radius 2 is 2.11 bits per heavy atom. The van der Waals surface area contributed by atoms with Gasteiger partial charge in [-0.05, 0) is 5.56 Å². The number of aliphatic imine (C=N–C) groups is 1. The number of nitrogens with zero attached hydrogens (tertiary/aromatic N) is 2. The van der Waals surface area contributed by atoms with E-state index in [1.165, 1.54) is 0 Å². The molecule has 0 amide bonds. The molecule has 0 aromatic heterocycles. The van der Waals surface area contributed by atoms with Crippen molar-refractivity contribution in [1.29, 1.82) is 0 Å². The molecular weight excluding hydrogens is 226 g/mol. The predicted molar refractivity (Wildman–Crippen MR) is 73.8 cm³/mol. The van der Waals surface area contributed by atoms with Gasteiger partial charge in [0, 0.05) is 25.6 Å². The fourth-order valence-corrected chi connectivity index (χ4v) is 2.09. The van der Waals surface area contributed by atoms with E-state index in [-0.39, 0.29) is 12.0 Å². The minimum absolute atomic E-state index is 0.112. The molecule has 18 heavy (non-hydrogen) atoms. The second-order valence-corrected chi connectivity index (χ2v) is 5.07. The summed E-state index contributed by atoms with van der Waals surface area (Å²) in [6.45, 7) is 4.66. The summed E-state index contributed by atoms with van der Waals surface area (Å²) in [6, 6.07) is 10.1. The fraction of sp³-hybridized carbons (Fsp3) is 0.500. The van der Waals surface area contributed by atoms with E-state index in [4.69, 9.17) is 0 Å². The third-order valence-electron chi connectivity index (χ3n) is 3.51. The van der Waals surface area contributed by atoms with Crippen molar-refractivity contribution in [2.45, 2.75) is 12.3 Å². The molecule has 4 heteroatoms. The van der Waals surface area contributed by atoms with Crippen LogP contribution in [-0.2, 0) is 5.41 Å². The molecule has 1 heterocycles. The number of aliphatic hydroxyl groups is 1. The van der Waals surface area contributed by atoms with Gasteiger partial charge >= 0.3 is 0 Å². The third-order valence-corrected chi connectivity index (χ3v) is 3.51. The highest BCUT2D eigenvalue weighted by molar-refractivity contribution is 5.81. The van der Waals surface area contributed by atoms with Crippen LogP contribution in [0.15, 0.2) is 35.3 Å². The van der Waals surface area contributed by atoms with Gasteiger partial charge in [0.25, 0.3) is 0 Å². The first-order valence-electron chi connectivity index (χ1n) is 6.31. The monoisotopic (exact) mass is 247 g/mol. The molecule has 1 aromatic rings. The molecule has 0 spiro atoms. The maximum Gasteiger partial charge on any atom is 0.193 e. The number of rotatable bonds is 4. The van der Waals surface area contributed by atoms with Crippen molar-refractivity contribution in [3.63, 3.8) is 0 Å². The average Bonchev–Trinajstić information content (AvgIpc) is 2.83. The van der Waals surface area contributed by atoms with Crippen LogP contribution in [0.2, 0.25) is 0 Å². The summed E-state index contributed by atoms with van der Waals surface area (Å²) in [6.07, 6.45) is 0. The number of aliphatic hydroxyl groups excluding tert-OH is 1. The van der Waals surface area contributed by atoms with E-state index in [0.717, 1.165) is 24.6 Å². The van der Waals surface area contributed by atoms with Crippen molar-refractivity contribution in [2.24, 2.45) is 4.99 Å². The van der Waals surface area contributed by atoms with E-state index in [1.807, 2.05) is 25.2 Å². The molecule has 2 rings (SSSR count). The fourth-order valence-electron chi connectivity index (χ4n) is 2.09. The largest absolute Gasteiger partial charge is 0.395 e. The smallest absolute Gasteiger partial charge is 0.193 e. The van der Waals surface area contributed by atoms with E-state index >= 15 is 0 Å². The SMILES string of the molecule is CN1CCN=C1NCC(C)(CO)c1ccccc1. The molecule has 2 N–H and O–H groups in total. The Morgan fingerprint density at radius 3 is 2.67 bits per heavy atom. The highest BCUT2D eigenvalue weighted by atomic mass is 16.3. The summed E-state index contributed by atoms with van der Waals surface area (Å²) in [4.78, 5) is 6.50. The lowest BCUT2D eigenvalue weighted by atomic mass is 9.83. The Bertz CT molecular complexity index is 418. The highest BCUT2D eigenvalue weighted by Crippen LogP contribution is 2.22. The topological polar surface area (TPSA) is 47.9 Å². The number of nitrogens with one attached hydrogen (secondary N) is 1. The average molecular weight is 247 g/mol. The summed E-state index contributed by atoms with van der Waals surface area (Å²) in [7, 11) is 2.03. The first-order chi connectivity index (χ1) is 8.65. The second kappa shape index (κ2) is 5.40. The quantitative estimate of drug-likeness (QED) is 0.828. The van der Waals surface area contributed by atoms with Crippen molar-refractivity contribution in [2.75, 3.05) is 33.3 Å². The van der Waals surface area contributed by atoms with Gasteiger partial charge < -0.3 is 15.3 Å². The highest BCUT2D eigenvalue weighted by Gasteiger charge is 2.26. The number of guanidine groups is 1. The number of benzene rings is 1. The molecule has 1 aliphatic rings. The molecule has 0 bridgehead atoms. The summed E-state index contributed by atoms with van der Waals surface area (Å²) in [5.74, 6) is 0.922. The van der Waals surface area contributed by atoms with E-state index < -0.39 is 0 Å². The van der Waals surface area contributed by atoms with Crippen molar-refractivity contribution in [1.82, 2.24) is 10.2 Å². The number of hydrogen-bond donors (Lipinski definition) is 2. The molecule has 1 aromatic carbocycles. The Balaban J connectivity index is 2.05. The van der Waals surface area contributed by atoms with Gasteiger partial charge in [-0.25, -0.2) is 0 Å². The van der Waals surface area contributed by atoms with Gasteiger partial charge in [-0.15, -0.1) is 0 Å². The van der Waals surface area contributed by atoms with Gasteiger partial charge in [0.1, 0.15) is 0 Å². The van der Waals surface area contributed by atoms with Crippen molar-refractivity contribution in [3.8, 4) is 0 Å². The van der Waals surface area contributed by atoms with Crippen molar-refractivity contribution < 1.29 is 5.11 Å². The molecule has 0 fully saturated rings. The summed E-state index contributed by atoms with van der Waals surface area (Å²) >= 11 is 0. The van der Waals surface area contributed by atoms with Crippen LogP contribution >= 0.6 is 0 Å². The normalized spacial score (nSPS) is 18.4. The molecule has 1 unspecified atom stereocenters. The van der Waals surface area contributed by atoms with Crippen LogP contribution in [0.5, 0.6) is 0 Å². The Labute approximate surface area is 108 Å². The molecule has 0 aliphatic carbocycles. The molecule has 1 aliphatic heterocycles. The standard InChI is InChI=1S/C14H21N3O/c1-14(11-18,12-6-4-3-5-7-12)10-16-13-15-8-9-17(13)2/h3-7,18H,8-11H2,1-2H3,(H,15,16). The van der Waals surface area contributed by atoms with Crippen LogP contribution in [0.3, 0.4) is 0 Å². The van der Waals surface area contributed by atoms with Gasteiger partial charge in [-0.3, -0.25) is 4.99 Å². The molecule has 1 atom stereocenters. The van der Waals surface area contributed by atoms with E-state index in [9.17, 15) is 5.11 Å². The molecule has 4 nitrogen and oxygen atoms in total. The molecule has 0 saturated heterocycles. The zero-order valence-electron chi connectivity index (χ0n) is 11.1. The molecule has 0 radical (unpaired) electrons. The van der Waals surface area contributed by atoms with Crippen molar-refractivity contribution in [3.05, 3.63) is 35.9 Å². The predicted octanol–water partition coefficient (Wildman–Crippen LogP) is 0.828. The molecular formula is C14H21N3O. The molecule has 0 saturated carbocycles. The first-order valence-corrected chi connectivity index (χ1v) is 6.31. The van der Waals surface area contributed by atoms with Crippen LogP contribution in [0, 0.1) is 0 Å². The zero-order valence-corrected chi connectivity index (χ0v) is 11.1. The van der Waals surface area contributed by atoms with E-state index in [2.05, 4.69) is 34.3 Å². The van der Waals surface area contributed by atoms with Crippen LogP contribution < -0.4 is 5.32 Å². The van der Waals surface area contributed by atoms with Gasteiger partial charge in [0.2, 0.25) is 0 Å². The minimum Gasteiger partial charge on any atom is -0.395 e. The number of hydrogen-bond acceptors (Lipinski definition) is 4.